The molecule has 2 N–H and O–H groups in total. The SMILES string of the molecule is O.[Zn].c1ccc2c(c1)Cc1ccccc1O2. The van der Waals surface area contributed by atoms with Gasteiger partial charge in [0.2, 0.25) is 0 Å². The maximum atomic E-state index is 5.78. The van der Waals surface area contributed by atoms with Crippen molar-refractivity contribution in [3.8, 4) is 11.5 Å². The van der Waals surface area contributed by atoms with Gasteiger partial charge in [0.25, 0.3) is 0 Å². The molecule has 0 aromatic heterocycles. The fourth-order valence-electron chi connectivity index (χ4n) is 1.82. The first kappa shape index (κ1) is 12.9. The van der Waals surface area contributed by atoms with Crippen molar-refractivity contribution in [2.24, 2.45) is 0 Å². The molecular weight excluding hydrogens is 254 g/mol. The summed E-state index contributed by atoms with van der Waals surface area (Å²) in [6, 6.07) is 16.4. The second-order valence-corrected chi connectivity index (χ2v) is 3.49. The van der Waals surface area contributed by atoms with Gasteiger partial charge in [-0.1, -0.05) is 36.4 Å². The van der Waals surface area contributed by atoms with Gasteiger partial charge < -0.3 is 10.2 Å². The molecule has 1 aliphatic rings. The van der Waals surface area contributed by atoms with Crippen molar-refractivity contribution in [1.82, 2.24) is 0 Å². The summed E-state index contributed by atoms with van der Waals surface area (Å²) in [5.41, 5.74) is 2.54. The summed E-state index contributed by atoms with van der Waals surface area (Å²) in [4.78, 5) is 0. The van der Waals surface area contributed by atoms with Crippen LogP contribution in [0.2, 0.25) is 0 Å². The summed E-state index contributed by atoms with van der Waals surface area (Å²) in [6.45, 7) is 0. The Balaban J connectivity index is 0.000000640. The minimum absolute atomic E-state index is 0. The van der Waals surface area contributed by atoms with Gasteiger partial charge in [0.05, 0.1) is 0 Å². The Morgan fingerprint density at radius 2 is 1.19 bits per heavy atom. The Kier molecular flexibility index (Phi) is 4.22. The zero-order chi connectivity index (χ0) is 9.38. The van der Waals surface area contributed by atoms with Crippen LogP contribution in [0.4, 0.5) is 0 Å². The van der Waals surface area contributed by atoms with Crippen molar-refractivity contribution < 1.29 is 29.7 Å². The van der Waals surface area contributed by atoms with E-state index in [-0.39, 0.29) is 25.0 Å². The smallest absolute Gasteiger partial charge is 0.130 e. The van der Waals surface area contributed by atoms with E-state index < -0.39 is 0 Å². The van der Waals surface area contributed by atoms with E-state index in [9.17, 15) is 0 Å². The molecule has 2 nitrogen and oxygen atoms in total. The Hall–Kier alpha value is -1.18. The normalized spacial score (nSPS) is 11.0. The van der Waals surface area contributed by atoms with Gasteiger partial charge in [0.15, 0.2) is 0 Å². The Bertz CT molecular complexity index is 395. The number of para-hydroxylation sites is 2. The Morgan fingerprint density at radius 3 is 1.69 bits per heavy atom. The molecule has 2 aromatic rings. The van der Waals surface area contributed by atoms with E-state index in [1.807, 2.05) is 24.3 Å². The molecule has 1 heterocycles. The first-order valence-corrected chi connectivity index (χ1v) is 4.77. The standard InChI is InChI=1S/C13H10O.H2O.Zn/c1-3-7-12-10(5-1)9-11-6-2-4-8-13(11)14-12;;/h1-8H,9H2;1H2;. The molecule has 0 amide bonds. The molecule has 78 valence electrons. The third-order valence-electron chi connectivity index (χ3n) is 2.55. The first-order chi connectivity index (χ1) is 6.93. The van der Waals surface area contributed by atoms with E-state index in [1.165, 1.54) is 11.1 Å². The quantitative estimate of drug-likeness (QED) is 0.576. The van der Waals surface area contributed by atoms with Crippen LogP contribution >= 0.6 is 0 Å². The minimum atomic E-state index is 0. The summed E-state index contributed by atoms with van der Waals surface area (Å²) >= 11 is 0. The predicted octanol–water partition coefficient (Wildman–Crippen LogP) is 2.56. The van der Waals surface area contributed by atoms with Crippen molar-refractivity contribution in [3.05, 3.63) is 59.7 Å². The molecule has 0 unspecified atom stereocenters. The molecule has 0 radical (unpaired) electrons. The number of rotatable bonds is 0. The minimum Gasteiger partial charge on any atom is -0.457 e. The first-order valence-electron chi connectivity index (χ1n) is 4.77. The van der Waals surface area contributed by atoms with Crippen molar-refractivity contribution in [1.29, 1.82) is 0 Å². The van der Waals surface area contributed by atoms with Crippen molar-refractivity contribution in [3.63, 3.8) is 0 Å². The van der Waals surface area contributed by atoms with Crippen LogP contribution in [0.5, 0.6) is 11.5 Å². The monoisotopic (exact) mass is 264 g/mol. The van der Waals surface area contributed by atoms with Gasteiger partial charge in [-0.05, 0) is 23.3 Å². The fourth-order valence-corrected chi connectivity index (χ4v) is 1.82. The molecular formula is C13H12O2Zn. The topological polar surface area (TPSA) is 40.7 Å². The molecule has 1 aliphatic heterocycles. The Morgan fingerprint density at radius 1 is 0.750 bits per heavy atom. The van der Waals surface area contributed by atoms with Crippen LogP contribution in [0.1, 0.15) is 11.1 Å². The predicted molar refractivity (Wildman–Crippen MR) is 59.4 cm³/mol. The van der Waals surface area contributed by atoms with Gasteiger partial charge in [-0.3, -0.25) is 0 Å². The van der Waals surface area contributed by atoms with Crippen molar-refractivity contribution >= 4 is 0 Å². The second kappa shape index (κ2) is 5.24. The largest absolute Gasteiger partial charge is 0.457 e. The van der Waals surface area contributed by atoms with E-state index in [2.05, 4.69) is 24.3 Å². The number of hydrogen-bond donors (Lipinski definition) is 0. The molecule has 0 aliphatic carbocycles. The van der Waals surface area contributed by atoms with Gasteiger partial charge in [-0.15, -0.1) is 0 Å². The van der Waals surface area contributed by atoms with Crippen LogP contribution < -0.4 is 4.74 Å². The zero-order valence-corrected chi connectivity index (χ0v) is 11.9. The third-order valence-corrected chi connectivity index (χ3v) is 2.55. The summed E-state index contributed by atoms with van der Waals surface area (Å²) in [6.07, 6.45) is 0.979. The van der Waals surface area contributed by atoms with Gasteiger partial charge in [-0.25, -0.2) is 0 Å². The molecule has 0 fully saturated rings. The molecule has 16 heavy (non-hydrogen) atoms. The summed E-state index contributed by atoms with van der Waals surface area (Å²) in [7, 11) is 0. The molecule has 0 atom stereocenters. The van der Waals surface area contributed by atoms with Crippen LogP contribution in [-0.4, -0.2) is 5.48 Å². The van der Waals surface area contributed by atoms with Gasteiger partial charge in [0.1, 0.15) is 11.5 Å². The molecule has 3 rings (SSSR count). The van der Waals surface area contributed by atoms with Crippen LogP contribution in [0.3, 0.4) is 0 Å². The maximum absolute atomic E-state index is 5.78. The summed E-state index contributed by atoms with van der Waals surface area (Å²) < 4.78 is 5.78. The van der Waals surface area contributed by atoms with E-state index in [0.717, 1.165) is 17.9 Å². The van der Waals surface area contributed by atoms with Gasteiger partial charge >= 0.3 is 0 Å². The van der Waals surface area contributed by atoms with Crippen LogP contribution in [0.25, 0.3) is 0 Å². The van der Waals surface area contributed by atoms with Crippen LogP contribution in [0.15, 0.2) is 48.5 Å². The van der Waals surface area contributed by atoms with Crippen molar-refractivity contribution in [2.45, 2.75) is 6.42 Å². The van der Waals surface area contributed by atoms with Gasteiger partial charge in [0, 0.05) is 25.9 Å². The van der Waals surface area contributed by atoms with E-state index in [1.54, 1.807) is 0 Å². The number of fused-ring (bicyclic) bond motifs is 2. The fraction of sp³-hybridized carbons (Fsp3) is 0.0769. The van der Waals surface area contributed by atoms with Crippen LogP contribution in [0, 0.1) is 0 Å². The molecule has 0 bridgehead atoms. The number of benzene rings is 2. The average Bonchev–Trinajstić information content (AvgIpc) is 2.26. The molecule has 2 aromatic carbocycles. The third kappa shape index (κ3) is 2.16. The average molecular weight is 266 g/mol. The van der Waals surface area contributed by atoms with Gasteiger partial charge in [-0.2, -0.15) is 0 Å². The molecule has 0 spiro atoms. The zero-order valence-electron chi connectivity index (χ0n) is 8.94. The summed E-state index contributed by atoms with van der Waals surface area (Å²) in [5.74, 6) is 1.98. The molecule has 0 saturated heterocycles. The second-order valence-electron chi connectivity index (χ2n) is 3.49. The van der Waals surface area contributed by atoms with E-state index in [4.69, 9.17) is 4.74 Å². The van der Waals surface area contributed by atoms with E-state index in [0.29, 0.717) is 0 Å². The molecule has 0 saturated carbocycles. The van der Waals surface area contributed by atoms with Crippen molar-refractivity contribution in [2.75, 3.05) is 0 Å². The maximum Gasteiger partial charge on any atom is 0.130 e. The van der Waals surface area contributed by atoms with E-state index >= 15 is 0 Å². The Labute approximate surface area is 107 Å². The van der Waals surface area contributed by atoms with Crippen LogP contribution in [-0.2, 0) is 25.9 Å². The summed E-state index contributed by atoms with van der Waals surface area (Å²) in [5, 5.41) is 0. The molecule has 3 heteroatoms. The number of hydrogen-bond acceptors (Lipinski definition) is 1. The number of ether oxygens (including phenoxy) is 1.